The Kier molecular flexibility index (Phi) is 3.69. The number of nitrogens with zero attached hydrogens (tertiary/aromatic N) is 1. The van der Waals surface area contributed by atoms with Gasteiger partial charge in [0.25, 0.3) is 0 Å². The lowest BCUT2D eigenvalue weighted by molar-refractivity contribution is 0.600. The van der Waals surface area contributed by atoms with E-state index in [4.69, 9.17) is 5.73 Å². The normalized spacial score (nSPS) is 12.5. The molecule has 1 aromatic carbocycles. The molecule has 1 aromatic heterocycles. The molecular formula is C14H20N2O2S. The number of benzene rings is 1. The summed E-state index contributed by atoms with van der Waals surface area (Å²) < 4.78 is 25.3. The second kappa shape index (κ2) is 4.98. The van der Waals surface area contributed by atoms with Crippen molar-refractivity contribution < 1.29 is 8.42 Å². The van der Waals surface area contributed by atoms with Crippen LogP contribution < -0.4 is 5.73 Å². The van der Waals surface area contributed by atoms with Gasteiger partial charge in [-0.2, -0.15) is 0 Å². The molecule has 0 aliphatic carbocycles. The molecular weight excluding hydrogens is 260 g/mol. The van der Waals surface area contributed by atoms with E-state index < -0.39 is 9.84 Å². The highest BCUT2D eigenvalue weighted by molar-refractivity contribution is 7.89. The van der Waals surface area contributed by atoms with Gasteiger partial charge in [-0.05, 0) is 31.0 Å². The summed E-state index contributed by atoms with van der Waals surface area (Å²) in [5.41, 5.74) is 8.66. The molecule has 19 heavy (non-hydrogen) atoms. The summed E-state index contributed by atoms with van der Waals surface area (Å²) in [4.78, 5) is 0. The van der Waals surface area contributed by atoms with E-state index in [0.29, 0.717) is 6.54 Å². The van der Waals surface area contributed by atoms with Crippen LogP contribution in [0.3, 0.4) is 0 Å². The van der Waals surface area contributed by atoms with E-state index in [0.717, 1.165) is 22.0 Å². The molecule has 0 saturated heterocycles. The number of rotatable bonds is 4. The van der Waals surface area contributed by atoms with Crippen molar-refractivity contribution in [3.8, 4) is 0 Å². The van der Waals surface area contributed by atoms with Gasteiger partial charge in [0.15, 0.2) is 9.84 Å². The zero-order valence-electron chi connectivity index (χ0n) is 11.6. The van der Waals surface area contributed by atoms with Crippen LogP contribution in [-0.2, 0) is 22.1 Å². The van der Waals surface area contributed by atoms with Crippen LogP contribution in [0.1, 0.15) is 31.0 Å². The van der Waals surface area contributed by atoms with Crippen LogP contribution in [0.2, 0.25) is 0 Å². The van der Waals surface area contributed by atoms with Crippen molar-refractivity contribution in [1.82, 2.24) is 4.57 Å². The number of hydrogen-bond donors (Lipinski definition) is 1. The molecule has 0 amide bonds. The van der Waals surface area contributed by atoms with Gasteiger partial charge in [0.2, 0.25) is 0 Å². The van der Waals surface area contributed by atoms with E-state index in [1.807, 2.05) is 24.4 Å². The van der Waals surface area contributed by atoms with Gasteiger partial charge in [-0.1, -0.05) is 12.1 Å². The highest BCUT2D eigenvalue weighted by atomic mass is 32.2. The third kappa shape index (κ3) is 2.82. The lowest BCUT2D eigenvalue weighted by Gasteiger charge is -2.09. The van der Waals surface area contributed by atoms with E-state index in [9.17, 15) is 8.42 Å². The summed E-state index contributed by atoms with van der Waals surface area (Å²) in [6.45, 7) is 4.58. The Morgan fingerprint density at radius 2 is 1.95 bits per heavy atom. The second-order valence-electron chi connectivity index (χ2n) is 5.24. The average Bonchev–Trinajstić information content (AvgIpc) is 2.66. The van der Waals surface area contributed by atoms with Crippen molar-refractivity contribution in [2.45, 2.75) is 32.2 Å². The third-order valence-corrected chi connectivity index (χ3v) is 4.05. The smallest absolute Gasteiger partial charge is 0.151 e. The SMILES string of the molecule is CC(C)n1cc(CS(C)(=O)=O)c2c(CN)cccc21. The fourth-order valence-corrected chi connectivity index (χ4v) is 3.25. The molecule has 0 atom stereocenters. The highest BCUT2D eigenvalue weighted by Gasteiger charge is 2.16. The van der Waals surface area contributed by atoms with Crippen LogP contribution >= 0.6 is 0 Å². The van der Waals surface area contributed by atoms with Gasteiger partial charge in [0, 0.05) is 35.9 Å². The zero-order chi connectivity index (χ0) is 14.2. The Morgan fingerprint density at radius 3 is 2.47 bits per heavy atom. The number of nitrogens with two attached hydrogens (primary N) is 1. The van der Waals surface area contributed by atoms with Crippen molar-refractivity contribution in [3.05, 3.63) is 35.5 Å². The fourth-order valence-electron chi connectivity index (χ4n) is 2.46. The van der Waals surface area contributed by atoms with Crippen LogP contribution in [0.15, 0.2) is 24.4 Å². The number of fused-ring (bicyclic) bond motifs is 1. The maximum atomic E-state index is 11.6. The number of hydrogen-bond acceptors (Lipinski definition) is 3. The van der Waals surface area contributed by atoms with Gasteiger partial charge in [-0.15, -0.1) is 0 Å². The van der Waals surface area contributed by atoms with E-state index in [1.54, 1.807) is 0 Å². The van der Waals surface area contributed by atoms with Crippen molar-refractivity contribution in [2.75, 3.05) is 6.26 Å². The molecule has 0 fully saturated rings. The van der Waals surface area contributed by atoms with Crippen LogP contribution in [0, 0.1) is 0 Å². The average molecular weight is 280 g/mol. The Balaban J connectivity index is 2.75. The number of sulfone groups is 1. The van der Waals surface area contributed by atoms with E-state index in [1.165, 1.54) is 6.26 Å². The molecule has 1 heterocycles. The molecule has 0 bridgehead atoms. The molecule has 2 N–H and O–H groups in total. The molecule has 4 nitrogen and oxygen atoms in total. The van der Waals surface area contributed by atoms with Gasteiger partial charge in [0.05, 0.1) is 5.75 Å². The van der Waals surface area contributed by atoms with Crippen molar-refractivity contribution >= 4 is 20.7 Å². The predicted octanol–water partition coefficient (Wildman–Crippen LogP) is 2.23. The predicted molar refractivity (Wildman–Crippen MR) is 78.8 cm³/mol. The summed E-state index contributed by atoms with van der Waals surface area (Å²) in [6, 6.07) is 6.22. The molecule has 2 rings (SSSR count). The molecule has 0 radical (unpaired) electrons. The maximum Gasteiger partial charge on any atom is 0.151 e. The molecule has 5 heteroatoms. The van der Waals surface area contributed by atoms with E-state index in [-0.39, 0.29) is 11.8 Å². The topological polar surface area (TPSA) is 65.1 Å². The summed E-state index contributed by atoms with van der Waals surface area (Å²) >= 11 is 0. The van der Waals surface area contributed by atoms with E-state index >= 15 is 0 Å². The lowest BCUT2D eigenvalue weighted by atomic mass is 10.1. The third-order valence-electron chi connectivity index (χ3n) is 3.22. The summed E-state index contributed by atoms with van der Waals surface area (Å²) in [5.74, 6) is 0.0558. The zero-order valence-corrected chi connectivity index (χ0v) is 12.4. The van der Waals surface area contributed by atoms with Crippen LogP contribution in [-0.4, -0.2) is 19.2 Å². The first-order valence-electron chi connectivity index (χ1n) is 6.32. The second-order valence-corrected chi connectivity index (χ2v) is 7.38. The first kappa shape index (κ1) is 14.1. The first-order valence-corrected chi connectivity index (χ1v) is 8.38. The minimum atomic E-state index is -3.06. The summed E-state index contributed by atoms with van der Waals surface area (Å²) in [5, 5.41) is 0.990. The molecule has 104 valence electrons. The minimum absolute atomic E-state index is 0.0558. The molecule has 0 unspecified atom stereocenters. The van der Waals surface area contributed by atoms with Gasteiger partial charge in [-0.25, -0.2) is 8.42 Å². The molecule has 0 saturated carbocycles. The Morgan fingerprint density at radius 1 is 1.26 bits per heavy atom. The van der Waals surface area contributed by atoms with Crippen molar-refractivity contribution in [2.24, 2.45) is 5.73 Å². The Hall–Kier alpha value is -1.33. The molecule has 0 spiro atoms. The van der Waals surface area contributed by atoms with Crippen molar-refractivity contribution in [1.29, 1.82) is 0 Å². The quantitative estimate of drug-likeness (QED) is 0.934. The maximum absolute atomic E-state index is 11.6. The minimum Gasteiger partial charge on any atom is -0.345 e. The molecule has 0 aliphatic heterocycles. The Labute approximate surface area is 114 Å². The monoisotopic (exact) mass is 280 g/mol. The molecule has 0 aliphatic rings. The Bertz CT molecular complexity index is 700. The summed E-state index contributed by atoms with van der Waals surface area (Å²) in [7, 11) is -3.06. The van der Waals surface area contributed by atoms with Gasteiger partial charge < -0.3 is 10.3 Å². The highest BCUT2D eigenvalue weighted by Crippen LogP contribution is 2.29. The van der Waals surface area contributed by atoms with Crippen LogP contribution in [0.5, 0.6) is 0 Å². The van der Waals surface area contributed by atoms with Crippen molar-refractivity contribution in [3.63, 3.8) is 0 Å². The standard InChI is InChI=1S/C14H20N2O2S/c1-10(2)16-8-12(9-19(3,17)18)14-11(7-15)5-4-6-13(14)16/h4-6,8,10H,7,9,15H2,1-3H3. The largest absolute Gasteiger partial charge is 0.345 e. The van der Waals surface area contributed by atoms with Gasteiger partial charge in [0.1, 0.15) is 0 Å². The van der Waals surface area contributed by atoms with E-state index in [2.05, 4.69) is 18.4 Å². The van der Waals surface area contributed by atoms with Gasteiger partial charge >= 0.3 is 0 Å². The fraction of sp³-hybridized carbons (Fsp3) is 0.429. The van der Waals surface area contributed by atoms with Gasteiger partial charge in [-0.3, -0.25) is 0 Å². The van der Waals surface area contributed by atoms with Crippen LogP contribution in [0.25, 0.3) is 10.9 Å². The first-order chi connectivity index (χ1) is 8.83. The van der Waals surface area contributed by atoms with Crippen LogP contribution in [0.4, 0.5) is 0 Å². The molecule has 2 aromatic rings. The summed E-state index contributed by atoms with van der Waals surface area (Å²) in [6.07, 6.45) is 3.20. The lowest BCUT2D eigenvalue weighted by Crippen LogP contribution is -2.02. The number of aromatic nitrogens is 1.